The van der Waals surface area contributed by atoms with Gasteiger partial charge < -0.3 is 5.32 Å². The summed E-state index contributed by atoms with van der Waals surface area (Å²) in [6.45, 7) is 6.02. The molecule has 0 spiro atoms. The molecule has 0 aliphatic carbocycles. The van der Waals surface area contributed by atoms with Crippen LogP contribution in [-0.2, 0) is 13.1 Å². The Bertz CT molecular complexity index is 1470. The van der Waals surface area contributed by atoms with Crippen molar-refractivity contribution in [3.63, 3.8) is 0 Å². The monoisotopic (exact) mass is 455 g/mol. The van der Waals surface area contributed by atoms with Crippen LogP contribution < -0.4 is 16.6 Å². The summed E-state index contributed by atoms with van der Waals surface area (Å²) in [5.74, 6) is -0.663. The first-order chi connectivity index (χ1) is 16.3. The maximum atomic E-state index is 13.4. The highest BCUT2D eigenvalue weighted by Crippen LogP contribution is 2.12. The van der Waals surface area contributed by atoms with Crippen molar-refractivity contribution in [1.82, 2.24) is 24.6 Å². The lowest BCUT2D eigenvalue weighted by Gasteiger charge is -2.13. The minimum Gasteiger partial charge on any atom is -0.346 e. The second kappa shape index (κ2) is 9.66. The SMILES string of the molecule is Cc1cccc(Cn2c(=O)c(C(=O)NCc3cccnc3)nn(-c3ccc(C)c(C)c3)c2=O)c1. The van der Waals surface area contributed by atoms with E-state index in [2.05, 4.69) is 15.4 Å². The van der Waals surface area contributed by atoms with Crippen LogP contribution in [0.3, 0.4) is 0 Å². The van der Waals surface area contributed by atoms with Crippen LogP contribution in [-0.4, -0.2) is 25.2 Å². The molecule has 4 aromatic rings. The molecule has 0 aliphatic heterocycles. The van der Waals surface area contributed by atoms with Gasteiger partial charge in [-0.2, -0.15) is 9.78 Å². The van der Waals surface area contributed by atoms with Crippen LogP contribution in [0.15, 0.2) is 76.6 Å². The lowest BCUT2D eigenvalue weighted by Crippen LogP contribution is -2.46. The van der Waals surface area contributed by atoms with E-state index in [0.717, 1.165) is 37.1 Å². The molecule has 0 saturated carbocycles. The molecule has 34 heavy (non-hydrogen) atoms. The predicted molar refractivity (Wildman–Crippen MR) is 129 cm³/mol. The number of nitrogens with zero attached hydrogens (tertiary/aromatic N) is 4. The summed E-state index contributed by atoms with van der Waals surface area (Å²) < 4.78 is 2.17. The zero-order chi connectivity index (χ0) is 24.2. The zero-order valence-electron chi connectivity index (χ0n) is 19.3. The van der Waals surface area contributed by atoms with E-state index in [1.807, 2.05) is 63.2 Å². The van der Waals surface area contributed by atoms with Gasteiger partial charge in [-0.05, 0) is 61.2 Å². The summed E-state index contributed by atoms with van der Waals surface area (Å²) >= 11 is 0. The van der Waals surface area contributed by atoms with Crippen LogP contribution in [0, 0.1) is 20.8 Å². The Labute approximate surface area is 196 Å². The molecule has 1 N–H and O–H groups in total. The number of hydrogen-bond donors (Lipinski definition) is 1. The molecular formula is C26H25N5O3. The van der Waals surface area contributed by atoms with Gasteiger partial charge in [-0.1, -0.05) is 42.0 Å². The fraction of sp³-hybridized carbons (Fsp3) is 0.192. The third-order valence-corrected chi connectivity index (χ3v) is 5.61. The van der Waals surface area contributed by atoms with E-state index >= 15 is 0 Å². The predicted octanol–water partition coefficient (Wildman–Crippen LogP) is 2.69. The van der Waals surface area contributed by atoms with Crippen molar-refractivity contribution < 1.29 is 4.79 Å². The van der Waals surface area contributed by atoms with E-state index in [-0.39, 0.29) is 18.8 Å². The van der Waals surface area contributed by atoms with Gasteiger partial charge in [0.2, 0.25) is 5.69 Å². The Morgan fingerprint density at radius 2 is 1.74 bits per heavy atom. The fourth-order valence-electron chi connectivity index (χ4n) is 3.58. The zero-order valence-corrected chi connectivity index (χ0v) is 19.3. The number of benzene rings is 2. The van der Waals surface area contributed by atoms with Crippen LogP contribution in [0.4, 0.5) is 0 Å². The van der Waals surface area contributed by atoms with E-state index in [1.165, 1.54) is 0 Å². The fourth-order valence-corrected chi connectivity index (χ4v) is 3.58. The number of aromatic nitrogens is 4. The van der Waals surface area contributed by atoms with E-state index in [0.29, 0.717) is 5.69 Å². The second-order valence-corrected chi connectivity index (χ2v) is 8.24. The van der Waals surface area contributed by atoms with Gasteiger partial charge in [0.05, 0.1) is 12.2 Å². The highest BCUT2D eigenvalue weighted by Gasteiger charge is 2.20. The van der Waals surface area contributed by atoms with Crippen molar-refractivity contribution in [3.05, 3.63) is 121 Å². The van der Waals surface area contributed by atoms with Gasteiger partial charge in [0.1, 0.15) is 0 Å². The standard InChI is InChI=1S/C26H25N5O3/c1-17-6-4-7-20(12-17)16-30-25(33)23(24(32)28-15-21-8-5-11-27-14-21)29-31(26(30)34)22-10-9-18(2)19(3)13-22/h4-14H,15-16H2,1-3H3,(H,28,32). The molecule has 8 nitrogen and oxygen atoms in total. The Hall–Kier alpha value is -4.33. The van der Waals surface area contributed by atoms with Crippen LogP contribution in [0.1, 0.15) is 38.3 Å². The Kier molecular flexibility index (Phi) is 6.49. The molecule has 1 amide bonds. The number of amides is 1. The van der Waals surface area contributed by atoms with Gasteiger partial charge in [-0.3, -0.25) is 19.1 Å². The van der Waals surface area contributed by atoms with Crippen LogP contribution >= 0.6 is 0 Å². The lowest BCUT2D eigenvalue weighted by molar-refractivity contribution is 0.0941. The number of pyridine rings is 1. The third-order valence-electron chi connectivity index (χ3n) is 5.61. The van der Waals surface area contributed by atoms with E-state index < -0.39 is 17.2 Å². The molecule has 172 valence electrons. The normalized spacial score (nSPS) is 10.8. The van der Waals surface area contributed by atoms with Crippen LogP contribution in [0.2, 0.25) is 0 Å². The van der Waals surface area contributed by atoms with E-state index in [4.69, 9.17) is 0 Å². The molecule has 0 unspecified atom stereocenters. The first-order valence-electron chi connectivity index (χ1n) is 10.9. The molecule has 0 fully saturated rings. The molecule has 2 aromatic heterocycles. The molecule has 0 aliphatic rings. The Morgan fingerprint density at radius 3 is 2.44 bits per heavy atom. The topological polar surface area (TPSA) is 98.9 Å². The van der Waals surface area contributed by atoms with Crippen molar-refractivity contribution >= 4 is 5.91 Å². The summed E-state index contributed by atoms with van der Waals surface area (Å²) in [4.78, 5) is 43.6. The molecule has 4 rings (SSSR count). The third kappa shape index (κ3) is 4.85. The molecule has 0 radical (unpaired) electrons. The minimum atomic E-state index is -0.740. The second-order valence-electron chi connectivity index (χ2n) is 8.24. The maximum Gasteiger partial charge on any atom is 0.352 e. The van der Waals surface area contributed by atoms with Crippen LogP contribution in [0.5, 0.6) is 0 Å². The highest BCUT2D eigenvalue weighted by atomic mass is 16.2. The van der Waals surface area contributed by atoms with Gasteiger partial charge in [-0.25, -0.2) is 4.79 Å². The van der Waals surface area contributed by atoms with Crippen molar-refractivity contribution in [3.8, 4) is 5.69 Å². The first-order valence-corrected chi connectivity index (χ1v) is 10.9. The van der Waals surface area contributed by atoms with Crippen molar-refractivity contribution in [2.45, 2.75) is 33.9 Å². The van der Waals surface area contributed by atoms with Crippen molar-refractivity contribution in [1.29, 1.82) is 0 Å². The van der Waals surface area contributed by atoms with E-state index in [9.17, 15) is 14.4 Å². The van der Waals surface area contributed by atoms with Crippen molar-refractivity contribution in [2.75, 3.05) is 0 Å². The van der Waals surface area contributed by atoms with Gasteiger partial charge in [0.25, 0.3) is 11.5 Å². The summed E-state index contributed by atoms with van der Waals surface area (Å²) in [6.07, 6.45) is 3.26. The highest BCUT2D eigenvalue weighted by molar-refractivity contribution is 5.91. The van der Waals surface area contributed by atoms with Crippen LogP contribution in [0.25, 0.3) is 5.69 Å². The number of nitrogens with one attached hydrogen (secondary N) is 1. The summed E-state index contributed by atoms with van der Waals surface area (Å²) in [7, 11) is 0. The minimum absolute atomic E-state index is 0.0234. The number of carbonyl (C=O) groups excluding carboxylic acids is 1. The summed E-state index contributed by atoms with van der Waals surface area (Å²) in [6, 6.07) is 16.5. The molecule has 2 aromatic carbocycles. The number of aryl methyl sites for hydroxylation is 3. The molecule has 2 heterocycles. The number of hydrogen-bond acceptors (Lipinski definition) is 5. The molecule has 0 atom stereocenters. The summed E-state index contributed by atoms with van der Waals surface area (Å²) in [5, 5.41) is 6.89. The molecule has 0 bridgehead atoms. The van der Waals surface area contributed by atoms with Gasteiger partial charge in [-0.15, -0.1) is 0 Å². The molecule has 8 heteroatoms. The van der Waals surface area contributed by atoms with Crippen molar-refractivity contribution in [2.24, 2.45) is 0 Å². The maximum absolute atomic E-state index is 13.4. The van der Waals surface area contributed by atoms with E-state index in [1.54, 1.807) is 24.5 Å². The number of carbonyl (C=O) groups is 1. The quantitative estimate of drug-likeness (QED) is 0.482. The lowest BCUT2D eigenvalue weighted by atomic mass is 10.1. The smallest absolute Gasteiger partial charge is 0.346 e. The van der Waals surface area contributed by atoms with Gasteiger partial charge >= 0.3 is 5.69 Å². The molecular weight excluding hydrogens is 430 g/mol. The Balaban J connectivity index is 1.81. The average Bonchev–Trinajstić information content (AvgIpc) is 2.83. The molecule has 0 saturated heterocycles. The van der Waals surface area contributed by atoms with Gasteiger partial charge in [0.15, 0.2) is 0 Å². The first kappa shape index (κ1) is 22.8. The summed E-state index contributed by atoms with van der Waals surface area (Å²) in [5.41, 5.74) is 3.35. The number of rotatable bonds is 6. The average molecular weight is 456 g/mol. The largest absolute Gasteiger partial charge is 0.352 e. The van der Waals surface area contributed by atoms with Gasteiger partial charge in [0, 0.05) is 18.9 Å². The Morgan fingerprint density at radius 1 is 0.941 bits per heavy atom.